The van der Waals surface area contributed by atoms with Gasteiger partial charge in [-0.05, 0) is 41.7 Å². The summed E-state index contributed by atoms with van der Waals surface area (Å²) in [6, 6.07) is 11.0. The van der Waals surface area contributed by atoms with Gasteiger partial charge in [0.05, 0.1) is 11.8 Å². The number of thioether (sulfide) groups is 1. The van der Waals surface area contributed by atoms with Gasteiger partial charge in [-0.2, -0.15) is 0 Å². The predicted molar refractivity (Wildman–Crippen MR) is 86.8 cm³/mol. The molecule has 0 unspecified atom stereocenters. The molecule has 0 aliphatic heterocycles. The van der Waals surface area contributed by atoms with Gasteiger partial charge in [-0.1, -0.05) is 42.1 Å². The quantitative estimate of drug-likeness (QED) is 0.729. The maximum atomic E-state index is 12.6. The van der Waals surface area contributed by atoms with Crippen LogP contribution in [0.2, 0.25) is 0 Å². The lowest BCUT2D eigenvalue weighted by Crippen LogP contribution is -2.34. The van der Waals surface area contributed by atoms with Crippen molar-refractivity contribution in [1.82, 2.24) is 25.1 Å². The number of carbonyl (C=O) groups excluding carboxylic acids is 1. The molecule has 7 heteroatoms. The van der Waals surface area contributed by atoms with Gasteiger partial charge in [0.15, 0.2) is 0 Å². The molecule has 0 spiro atoms. The first kappa shape index (κ1) is 14.7. The van der Waals surface area contributed by atoms with Crippen molar-refractivity contribution in [3.8, 4) is 0 Å². The van der Waals surface area contributed by atoms with Crippen LogP contribution in [0.15, 0.2) is 35.5 Å². The van der Waals surface area contributed by atoms with Crippen LogP contribution in [0.5, 0.6) is 0 Å². The molecule has 4 rings (SSSR count). The van der Waals surface area contributed by atoms with Crippen LogP contribution in [-0.2, 0) is 11.3 Å². The van der Waals surface area contributed by atoms with E-state index in [4.69, 9.17) is 0 Å². The van der Waals surface area contributed by atoms with E-state index >= 15 is 0 Å². The standard InChI is InChI=1S/C16H19N5OS/c22-15(11-23-16-17-18-19-21(16)14-8-9-14)20(13-6-7-13)10-12-4-2-1-3-5-12/h1-5,13-14H,6-11H2. The zero-order chi connectivity index (χ0) is 15.6. The molecule has 23 heavy (non-hydrogen) atoms. The lowest BCUT2D eigenvalue weighted by Gasteiger charge is -2.22. The third-order valence-corrected chi connectivity index (χ3v) is 5.10. The molecule has 2 saturated carbocycles. The van der Waals surface area contributed by atoms with Crippen molar-refractivity contribution in [2.45, 2.75) is 49.5 Å². The van der Waals surface area contributed by atoms with E-state index in [0.29, 0.717) is 24.4 Å². The molecule has 1 heterocycles. The number of carbonyl (C=O) groups is 1. The van der Waals surface area contributed by atoms with E-state index in [1.807, 2.05) is 27.8 Å². The van der Waals surface area contributed by atoms with Gasteiger partial charge in [0.2, 0.25) is 11.1 Å². The minimum Gasteiger partial charge on any atom is -0.335 e. The van der Waals surface area contributed by atoms with E-state index < -0.39 is 0 Å². The summed E-state index contributed by atoms with van der Waals surface area (Å²) in [5.74, 6) is 0.572. The molecule has 0 radical (unpaired) electrons. The largest absolute Gasteiger partial charge is 0.335 e. The SMILES string of the molecule is O=C(CSc1nnnn1C1CC1)N(Cc1ccccc1)C1CC1. The van der Waals surface area contributed by atoms with E-state index in [1.54, 1.807) is 0 Å². The Bertz CT molecular complexity index is 681. The van der Waals surface area contributed by atoms with E-state index in [1.165, 1.54) is 17.3 Å². The van der Waals surface area contributed by atoms with Gasteiger partial charge < -0.3 is 4.90 Å². The monoisotopic (exact) mass is 329 g/mol. The number of aromatic nitrogens is 4. The van der Waals surface area contributed by atoms with Crippen LogP contribution in [0, 0.1) is 0 Å². The normalized spacial score (nSPS) is 17.2. The number of amides is 1. The van der Waals surface area contributed by atoms with Gasteiger partial charge in [-0.15, -0.1) is 5.10 Å². The fourth-order valence-electron chi connectivity index (χ4n) is 2.63. The molecule has 0 N–H and O–H groups in total. The van der Waals surface area contributed by atoms with Gasteiger partial charge in [0.1, 0.15) is 0 Å². The second-order valence-electron chi connectivity index (χ2n) is 6.16. The summed E-state index contributed by atoms with van der Waals surface area (Å²) >= 11 is 1.45. The van der Waals surface area contributed by atoms with Crippen LogP contribution in [0.3, 0.4) is 0 Å². The molecule has 0 saturated heterocycles. The molecule has 6 nitrogen and oxygen atoms in total. The number of nitrogens with zero attached hydrogens (tertiary/aromatic N) is 5. The highest BCUT2D eigenvalue weighted by Crippen LogP contribution is 2.36. The number of rotatable bonds is 7. The summed E-state index contributed by atoms with van der Waals surface area (Å²) in [4.78, 5) is 14.7. The minimum atomic E-state index is 0.173. The Morgan fingerprint density at radius 3 is 2.70 bits per heavy atom. The highest BCUT2D eigenvalue weighted by molar-refractivity contribution is 7.99. The van der Waals surface area contributed by atoms with E-state index in [9.17, 15) is 4.79 Å². The molecule has 1 aromatic heterocycles. The Hall–Kier alpha value is -1.89. The number of tetrazole rings is 1. The Morgan fingerprint density at radius 2 is 2.00 bits per heavy atom. The van der Waals surface area contributed by atoms with E-state index in [-0.39, 0.29) is 5.91 Å². The third kappa shape index (κ3) is 3.55. The summed E-state index contributed by atoms with van der Waals surface area (Å²) in [5.41, 5.74) is 1.18. The zero-order valence-corrected chi connectivity index (χ0v) is 13.7. The molecular weight excluding hydrogens is 310 g/mol. The van der Waals surface area contributed by atoms with E-state index in [0.717, 1.165) is 30.8 Å². The molecule has 2 fully saturated rings. The van der Waals surface area contributed by atoms with Gasteiger partial charge in [0.25, 0.3) is 0 Å². The van der Waals surface area contributed by atoms with Gasteiger partial charge in [-0.25, -0.2) is 4.68 Å². The fourth-order valence-corrected chi connectivity index (χ4v) is 3.46. The van der Waals surface area contributed by atoms with Crippen molar-refractivity contribution in [2.24, 2.45) is 0 Å². The van der Waals surface area contributed by atoms with Crippen molar-refractivity contribution in [2.75, 3.05) is 5.75 Å². The highest BCUT2D eigenvalue weighted by Gasteiger charge is 2.33. The summed E-state index contributed by atoms with van der Waals surface area (Å²) < 4.78 is 1.86. The molecule has 2 aromatic rings. The Morgan fingerprint density at radius 1 is 1.22 bits per heavy atom. The van der Waals surface area contributed by atoms with Gasteiger partial charge in [-0.3, -0.25) is 4.79 Å². The molecule has 0 bridgehead atoms. The van der Waals surface area contributed by atoms with Crippen LogP contribution in [0.25, 0.3) is 0 Å². The smallest absolute Gasteiger partial charge is 0.233 e. The fraction of sp³-hybridized carbons (Fsp3) is 0.500. The van der Waals surface area contributed by atoms with Gasteiger partial charge in [0, 0.05) is 12.6 Å². The van der Waals surface area contributed by atoms with Crippen LogP contribution in [-0.4, -0.2) is 42.8 Å². The van der Waals surface area contributed by atoms with Crippen LogP contribution < -0.4 is 0 Å². The first-order valence-electron chi connectivity index (χ1n) is 8.05. The number of hydrogen-bond acceptors (Lipinski definition) is 5. The average molecular weight is 329 g/mol. The lowest BCUT2D eigenvalue weighted by molar-refractivity contribution is -0.129. The number of benzene rings is 1. The van der Waals surface area contributed by atoms with Crippen LogP contribution >= 0.6 is 11.8 Å². The molecule has 120 valence electrons. The molecule has 2 aliphatic carbocycles. The van der Waals surface area contributed by atoms with Gasteiger partial charge >= 0.3 is 0 Å². The molecule has 1 amide bonds. The van der Waals surface area contributed by atoms with Crippen molar-refractivity contribution >= 4 is 17.7 Å². The maximum Gasteiger partial charge on any atom is 0.233 e. The first-order valence-corrected chi connectivity index (χ1v) is 9.04. The van der Waals surface area contributed by atoms with Crippen molar-refractivity contribution < 1.29 is 4.79 Å². The third-order valence-electron chi connectivity index (χ3n) is 4.18. The Kier molecular flexibility index (Phi) is 4.03. The van der Waals surface area contributed by atoms with Crippen molar-refractivity contribution in [3.63, 3.8) is 0 Å². The van der Waals surface area contributed by atoms with E-state index in [2.05, 4.69) is 27.7 Å². The second-order valence-corrected chi connectivity index (χ2v) is 7.11. The number of hydrogen-bond donors (Lipinski definition) is 0. The first-order chi connectivity index (χ1) is 11.3. The summed E-state index contributed by atoms with van der Waals surface area (Å²) in [7, 11) is 0. The van der Waals surface area contributed by atoms with Crippen molar-refractivity contribution in [3.05, 3.63) is 35.9 Å². The summed E-state index contributed by atoms with van der Waals surface area (Å²) in [6.45, 7) is 0.693. The lowest BCUT2D eigenvalue weighted by atomic mass is 10.2. The molecule has 1 aromatic carbocycles. The van der Waals surface area contributed by atoms with Crippen molar-refractivity contribution in [1.29, 1.82) is 0 Å². The van der Waals surface area contributed by atoms with Crippen LogP contribution in [0.4, 0.5) is 0 Å². The summed E-state index contributed by atoms with van der Waals surface area (Å²) in [6.07, 6.45) is 4.50. The minimum absolute atomic E-state index is 0.173. The average Bonchev–Trinajstić information content (AvgIpc) is 3.50. The summed E-state index contributed by atoms with van der Waals surface area (Å²) in [5, 5.41) is 12.6. The molecule has 0 atom stereocenters. The van der Waals surface area contributed by atoms with Crippen LogP contribution in [0.1, 0.15) is 37.3 Å². The predicted octanol–water partition coefficient (Wildman–Crippen LogP) is 2.29. The Balaban J connectivity index is 1.38. The maximum absolute atomic E-state index is 12.6. The highest BCUT2D eigenvalue weighted by atomic mass is 32.2. The molecular formula is C16H19N5OS. The second kappa shape index (κ2) is 6.31. The zero-order valence-electron chi connectivity index (χ0n) is 12.8. The molecule has 2 aliphatic rings. The Labute approximate surface area is 139 Å². The topological polar surface area (TPSA) is 63.9 Å².